The number of anilines is 1. The van der Waals surface area contributed by atoms with E-state index in [2.05, 4.69) is 19.9 Å². The summed E-state index contributed by atoms with van der Waals surface area (Å²) >= 11 is 0. The molecule has 25 heavy (non-hydrogen) atoms. The first-order chi connectivity index (χ1) is 12.1. The quantitative estimate of drug-likeness (QED) is 0.509. The molecule has 132 valence electrons. The van der Waals surface area contributed by atoms with E-state index < -0.39 is 0 Å². The van der Waals surface area contributed by atoms with Crippen LogP contribution < -0.4 is 10.5 Å². The van der Waals surface area contributed by atoms with Crippen molar-refractivity contribution < 1.29 is 15.5 Å². The maximum Gasteiger partial charge on any atom is 0.238 e. The van der Waals surface area contributed by atoms with Crippen molar-refractivity contribution in [2.45, 2.75) is 6.92 Å². The molecular weight excluding hydrogens is 318 g/mol. The average Bonchev–Trinajstić information content (AvgIpc) is 3.01. The van der Waals surface area contributed by atoms with Gasteiger partial charge in [-0.3, -0.25) is 0 Å². The Balaban J connectivity index is 0.00000196. The van der Waals surface area contributed by atoms with E-state index >= 15 is 0 Å². The number of hydrogen-bond acceptors (Lipinski definition) is 6. The molecule has 0 radical (unpaired) electrons. The van der Waals surface area contributed by atoms with E-state index in [9.17, 15) is 5.11 Å². The number of rotatable bonds is 3. The van der Waals surface area contributed by atoms with Gasteiger partial charge in [0.15, 0.2) is 17.3 Å². The molecule has 0 saturated carbocycles. The van der Waals surface area contributed by atoms with E-state index in [-0.39, 0.29) is 23.2 Å². The van der Waals surface area contributed by atoms with Gasteiger partial charge in [0.25, 0.3) is 0 Å². The molecule has 0 amide bonds. The molecule has 0 spiro atoms. The van der Waals surface area contributed by atoms with Crippen LogP contribution in [0.2, 0.25) is 0 Å². The summed E-state index contributed by atoms with van der Waals surface area (Å²) in [4.78, 5) is 16.3. The molecule has 2 aromatic heterocycles. The maximum atomic E-state index is 9.33. The lowest BCUT2D eigenvalue weighted by Gasteiger charge is -2.07. The van der Waals surface area contributed by atoms with Crippen molar-refractivity contribution in [3.8, 4) is 28.9 Å². The van der Waals surface area contributed by atoms with E-state index in [1.165, 1.54) is 18.3 Å². The second-order valence-electron chi connectivity index (χ2n) is 5.64. The molecule has 7 heteroatoms. The normalized spacial score (nSPS) is 10.9. The lowest BCUT2D eigenvalue weighted by molar-refractivity contribution is 0.453. The summed E-state index contributed by atoms with van der Waals surface area (Å²) in [6.07, 6.45) is 1.44. The van der Waals surface area contributed by atoms with Crippen molar-refractivity contribution in [1.82, 2.24) is 19.9 Å². The number of nitrogens with one attached hydrogen (secondary N) is 1. The molecular formula is C18H23N5O2. The summed E-state index contributed by atoms with van der Waals surface area (Å²) in [5.74, 6) is 1.76. The number of aromatic amines is 1. The molecule has 4 N–H and O–H groups in total. The molecule has 4 rings (SSSR count). The van der Waals surface area contributed by atoms with Crippen LogP contribution in [0.1, 0.15) is 11.3 Å². The van der Waals surface area contributed by atoms with Gasteiger partial charge in [-0.2, -0.15) is 0 Å². The fourth-order valence-corrected chi connectivity index (χ4v) is 2.48. The van der Waals surface area contributed by atoms with Crippen LogP contribution >= 0.6 is 0 Å². The smallest absolute Gasteiger partial charge is 0.238 e. The zero-order valence-corrected chi connectivity index (χ0v) is 13.4. The first kappa shape index (κ1) is 14.9. The van der Waals surface area contributed by atoms with Crippen molar-refractivity contribution >= 4 is 16.9 Å². The van der Waals surface area contributed by atoms with Gasteiger partial charge >= 0.3 is 0 Å². The number of nitrogen functional groups attached to an aromatic ring is 1. The molecule has 7 nitrogen and oxygen atoms in total. The molecule has 0 fully saturated rings. The number of benzene rings is 2. The predicted molar refractivity (Wildman–Crippen MR) is 103 cm³/mol. The first-order valence-electron chi connectivity index (χ1n) is 7.64. The molecule has 0 bridgehead atoms. The summed E-state index contributed by atoms with van der Waals surface area (Å²) in [6, 6.07) is 12.3. The number of phenolic OH excluding ortho intramolecular Hbond substituents is 1. The maximum absolute atomic E-state index is 9.33. The lowest BCUT2D eigenvalue weighted by Crippen LogP contribution is -2.00. The number of ether oxygens (including phenoxy) is 1. The molecule has 0 unspecified atom stereocenters. The van der Waals surface area contributed by atoms with Crippen molar-refractivity contribution in [3.05, 3.63) is 54.2 Å². The Hall–Kier alpha value is -3.61. The topological polar surface area (TPSA) is 110 Å². The number of phenols is 1. The SMILES string of the molecule is Cc1ccc2nc(-c3nc(Oc4ccc(O)cc4)cnc3N)[nH]c2c1.[HH].[HH].[HH].[HH]. The highest BCUT2D eigenvalue weighted by Crippen LogP contribution is 2.27. The van der Waals surface area contributed by atoms with Gasteiger partial charge < -0.3 is 20.6 Å². The number of hydrogen-bond donors (Lipinski definition) is 3. The predicted octanol–water partition coefficient (Wildman–Crippen LogP) is 4.39. The highest BCUT2D eigenvalue weighted by atomic mass is 16.5. The van der Waals surface area contributed by atoms with Crippen LogP contribution in [0.5, 0.6) is 17.4 Å². The Kier molecular flexibility index (Phi) is 3.46. The van der Waals surface area contributed by atoms with E-state index in [1.54, 1.807) is 12.1 Å². The van der Waals surface area contributed by atoms with E-state index in [0.29, 0.717) is 17.3 Å². The minimum absolute atomic E-state index is 0. The standard InChI is InChI=1S/C18H15N5O2.4H2/c1-10-2-7-13-14(8-10)22-18(21-13)16-17(19)20-9-15(23-16)25-12-5-3-11(24)4-6-12;;;;/h2-9,24H,1H3,(H2,19,20)(H,21,22);4*1H. The van der Waals surface area contributed by atoms with E-state index in [1.807, 2.05) is 25.1 Å². The molecule has 2 heterocycles. The fourth-order valence-electron chi connectivity index (χ4n) is 2.48. The Bertz CT molecular complexity index is 1070. The highest BCUT2D eigenvalue weighted by molar-refractivity contribution is 5.81. The third-order valence-corrected chi connectivity index (χ3v) is 3.70. The van der Waals surface area contributed by atoms with Crippen molar-refractivity contribution in [1.29, 1.82) is 0 Å². The first-order valence-corrected chi connectivity index (χ1v) is 7.64. The van der Waals surface area contributed by atoms with Gasteiger partial charge in [-0.25, -0.2) is 15.0 Å². The summed E-state index contributed by atoms with van der Waals surface area (Å²) in [5, 5.41) is 9.33. The third-order valence-electron chi connectivity index (χ3n) is 3.70. The highest BCUT2D eigenvalue weighted by Gasteiger charge is 2.13. The number of aromatic nitrogens is 4. The molecule has 4 aromatic rings. The number of nitrogens with two attached hydrogens (primary N) is 1. The summed E-state index contributed by atoms with van der Waals surface area (Å²) in [5.41, 5.74) is 9.25. The Morgan fingerprint density at radius 3 is 2.72 bits per heavy atom. The molecule has 0 aliphatic rings. The van der Waals surface area contributed by atoms with Crippen LogP contribution in [0.4, 0.5) is 5.82 Å². The van der Waals surface area contributed by atoms with Gasteiger partial charge in [0.05, 0.1) is 17.2 Å². The average molecular weight is 341 g/mol. The third kappa shape index (κ3) is 2.94. The van der Waals surface area contributed by atoms with Gasteiger partial charge in [-0.05, 0) is 48.9 Å². The second-order valence-corrected chi connectivity index (χ2v) is 5.64. The molecule has 0 aliphatic heterocycles. The van der Waals surface area contributed by atoms with Gasteiger partial charge in [0.2, 0.25) is 5.88 Å². The van der Waals surface area contributed by atoms with Crippen molar-refractivity contribution in [2.75, 3.05) is 5.73 Å². The van der Waals surface area contributed by atoms with Crippen LogP contribution in [0, 0.1) is 6.92 Å². The number of nitrogens with zero attached hydrogens (tertiary/aromatic N) is 3. The number of aryl methyl sites for hydroxylation is 1. The van der Waals surface area contributed by atoms with Crippen LogP contribution in [0.3, 0.4) is 0 Å². The van der Waals surface area contributed by atoms with Gasteiger partial charge in [0.1, 0.15) is 11.5 Å². The van der Waals surface area contributed by atoms with Crippen LogP contribution in [-0.4, -0.2) is 25.0 Å². The molecule has 2 aromatic carbocycles. The molecule has 0 saturated heterocycles. The number of imidazole rings is 1. The molecule has 0 aliphatic carbocycles. The van der Waals surface area contributed by atoms with E-state index in [0.717, 1.165) is 16.6 Å². The largest absolute Gasteiger partial charge is 0.508 e. The Morgan fingerprint density at radius 2 is 1.92 bits per heavy atom. The summed E-state index contributed by atoms with van der Waals surface area (Å²) in [6.45, 7) is 2.01. The minimum Gasteiger partial charge on any atom is -0.508 e. The van der Waals surface area contributed by atoms with Crippen molar-refractivity contribution in [2.24, 2.45) is 0 Å². The summed E-state index contributed by atoms with van der Waals surface area (Å²) < 4.78 is 5.66. The Labute approximate surface area is 149 Å². The molecule has 0 atom stereocenters. The van der Waals surface area contributed by atoms with E-state index in [4.69, 9.17) is 10.5 Å². The Morgan fingerprint density at radius 1 is 1.12 bits per heavy atom. The lowest BCUT2D eigenvalue weighted by atomic mass is 10.2. The fraction of sp³-hybridized carbons (Fsp3) is 0.0556. The zero-order valence-electron chi connectivity index (χ0n) is 13.4. The monoisotopic (exact) mass is 341 g/mol. The zero-order chi connectivity index (χ0) is 17.4. The minimum atomic E-state index is 0. The van der Waals surface area contributed by atoms with Gasteiger partial charge in [-0.1, -0.05) is 6.07 Å². The van der Waals surface area contributed by atoms with Gasteiger partial charge in [0, 0.05) is 5.71 Å². The van der Waals surface area contributed by atoms with Gasteiger partial charge in [-0.15, -0.1) is 0 Å². The number of fused-ring (bicyclic) bond motifs is 1. The van der Waals surface area contributed by atoms with Crippen LogP contribution in [0.25, 0.3) is 22.6 Å². The summed E-state index contributed by atoms with van der Waals surface area (Å²) in [7, 11) is 0. The number of H-pyrrole nitrogens is 1. The number of aromatic hydroxyl groups is 1. The second kappa shape index (κ2) is 5.79. The van der Waals surface area contributed by atoms with Crippen LogP contribution in [-0.2, 0) is 0 Å². The van der Waals surface area contributed by atoms with Crippen LogP contribution in [0.15, 0.2) is 48.7 Å². The van der Waals surface area contributed by atoms with Crippen molar-refractivity contribution in [3.63, 3.8) is 0 Å².